The molecule has 0 bridgehead atoms. The Bertz CT molecular complexity index is 906. The van der Waals surface area contributed by atoms with Crippen molar-refractivity contribution in [2.24, 2.45) is 11.8 Å². The number of fused-ring (bicyclic) bond motifs is 1. The number of hydrogen-bond donors (Lipinski definition) is 1. The van der Waals surface area contributed by atoms with Gasteiger partial charge in [-0.05, 0) is 43.2 Å². The second-order valence-electron chi connectivity index (χ2n) is 8.05. The van der Waals surface area contributed by atoms with Gasteiger partial charge >= 0.3 is 0 Å². The van der Waals surface area contributed by atoms with Gasteiger partial charge in [-0.3, -0.25) is 14.2 Å². The first-order chi connectivity index (χ1) is 13.0. The van der Waals surface area contributed by atoms with Crippen molar-refractivity contribution < 1.29 is 4.79 Å². The standard InChI is InChI=1S/C21H27N3O2S/c1-13-6-5-9-18(14(13)2)24-20(26)16-7-3-4-8-17(16)23-21(24)27-12-19(25)22-15-10-11-15/h3-4,7-8,13-15,18H,5-6,9-12H2,1-2H3,(H,22,25). The van der Waals surface area contributed by atoms with Gasteiger partial charge in [-0.25, -0.2) is 4.98 Å². The van der Waals surface area contributed by atoms with E-state index in [4.69, 9.17) is 4.98 Å². The Morgan fingerprint density at radius 1 is 1.22 bits per heavy atom. The highest BCUT2D eigenvalue weighted by Crippen LogP contribution is 2.38. The molecule has 0 aliphatic heterocycles. The Kier molecular flexibility index (Phi) is 5.26. The van der Waals surface area contributed by atoms with Crippen molar-refractivity contribution in [1.82, 2.24) is 14.9 Å². The van der Waals surface area contributed by atoms with Gasteiger partial charge in [0.2, 0.25) is 5.91 Å². The van der Waals surface area contributed by atoms with Crippen LogP contribution in [0.25, 0.3) is 10.9 Å². The molecule has 1 heterocycles. The molecular formula is C21H27N3O2S. The molecule has 2 aliphatic rings. The summed E-state index contributed by atoms with van der Waals surface area (Å²) in [6.07, 6.45) is 5.48. The van der Waals surface area contributed by atoms with Crippen LogP contribution in [0.1, 0.15) is 52.0 Å². The molecule has 1 amide bonds. The SMILES string of the molecule is CC1CCCC(n2c(SCC(=O)NC3CC3)nc3ccccc3c2=O)C1C. The first-order valence-corrected chi connectivity index (χ1v) is 11.0. The zero-order chi connectivity index (χ0) is 19.0. The summed E-state index contributed by atoms with van der Waals surface area (Å²) in [6, 6.07) is 8.02. The lowest BCUT2D eigenvalue weighted by atomic mass is 9.78. The maximum atomic E-state index is 13.3. The van der Waals surface area contributed by atoms with Crippen molar-refractivity contribution in [3.8, 4) is 0 Å². The molecular weight excluding hydrogens is 358 g/mol. The summed E-state index contributed by atoms with van der Waals surface area (Å²) < 4.78 is 1.89. The molecule has 1 aromatic carbocycles. The van der Waals surface area contributed by atoms with Gasteiger partial charge in [-0.15, -0.1) is 0 Å². The molecule has 2 fully saturated rings. The number of benzene rings is 1. The van der Waals surface area contributed by atoms with Crippen molar-refractivity contribution in [2.45, 2.75) is 63.2 Å². The zero-order valence-corrected chi connectivity index (χ0v) is 16.8. The number of amides is 1. The quantitative estimate of drug-likeness (QED) is 0.629. The Balaban J connectivity index is 1.70. The summed E-state index contributed by atoms with van der Waals surface area (Å²) in [6.45, 7) is 4.51. The summed E-state index contributed by atoms with van der Waals surface area (Å²) in [7, 11) is 0. The number of carbonyl (C=O) groups excluding carboxylic acids is 1. The van der Waals surface area contributed by atoms with E-state index in [9.17, 15) is 9.59 Å². The summed E-state index contributed by atoms with van der Waals surface area (Å²) in [5.74, 6) is 1.33. The monoisotopic (exact) mass is 385 g/mol. The molecule has 2 aliphatic carbocycles. The van der Waals surface area contributed by atoms with Crippen LogP contribution in [-0.4, -0.2) is 27.3 Å². The number of rotatable bonds is 5. The molecule has 2 saturated carbocycles. The molecule has 3 unspecified atom stereocenters. The first-order valence-electron chi connectivity index (χ1n) is 9.98. The molecule has 3 atom stereocenters. The molecule has 1 aromatic heterocycles. The molecule has 4 rings (SSSR count). The third-order valence-electron chi connectivity index (χ3n) is 6.05. The number of carbonyl (C=O) groups is 1. The molecule has 6 heteroatoms. The van der Waals surface area contributed by atoms with Gasteiger partial charge in [0, 0.05) is 12.1 Å². The van der Waals surface area contributed by atoms with E-state index in [0.717, 1.165) is 25.7 Å². The second kappa shape index (κ2) is 7.66. The minimum absolute atomic E-state index is 0.0247. The number of aromatic nitrogens is 2. The topological polar surface area (TPSA) is 64.0 Å². The van der Waals surface area contributed by atoms with Gasteiger partial charge in [-0.1, -0.05) is 50.6 Å². The van der Waals surface area contributed by atoms with Crippen molar-refractivity contribution in [1.29, 1.82) is 0 Å². The molecule has 0 radical (unpaired) electrons. The van der Waals surface area contributed by atoms with Crippen molar-refractivity contribution in [3.05, 3.63) is 34.6 Å². The highest BCUT2D eigenvalue weighted by molar-refractivity contribution is 7.99. The smallest absolute Gasteiger partial charge is 0.262 e. The molecule has 2 aromatic rings. The third-order valence-corrected chi connectivity index (χ3v) is 7.00. The van der Waals surface area contributed by atoms with E-state index < -0.39 is 0 Å². The van der Waals surface area contributed by atoms with Gasteiger partial charge in [0.05, 0.1) is 16.7 Å². The van der Waals surface area contributed by atoms with Gasteiger partial charge < -0.3 is 5.32 Å². The number of thioether (sulfide) groups is 1. The molecule has 0 spiro atoms. The molecule has 1 N–H and O–H groups in total. The lowest BCUT2D eigenvalue weighted by Crippen LogP contribution is -2.35. The summed E-state index contributed by atoms with van der Waals surface area (Å²) in [5, 5.41) is 4.35. The normalized spacial score (nSPS) is 25.5. The number of hydrogen-bond acceptors (Lipinski definition) is 4. The number of nitrogens with one attached hydrogen (secondary N) is 1. The molecule has 0 saturated heterocycles. The highest BCUT2D eigenvalue weighted by atomic mass is 32.2. The van der Waals surface area contributed by atoms with Crippen LogP contribution in [0.3, 0.4) is 0 Å². The molecule has 27 heavy (non-hydrogen) atoms. The maximum Gasteiger partial charge on any atom is 0.262 e. The largest absolute Gasteiger partial charge is 0.353 e. The van der Waals surface area contributed by atoms with Gasteiger partial charge in [0.15, 0.2) is 5.16 Å². The van der Waals surface area contributed by atoms with E-state index in [1.807, 2.05) is 28.8 Å². The minimum atomic E-state index is 0.0247. The van der Waals surface area contributed by atoms with Crippen LogP contribution in [0.15, 0.2) is 34.2 Å². The van der Waals surface area contributed by atoms with Gasteiger partial charge in [-0.2, -0.15) is 0 Å². The van der Waals surface area contributed by atoms with Crippen LogP contribution in [0, 0.1) is 11.8 Å². The van der Waals surface area contributed by atoms with E-state index in [0.29, 0.717) is 39.7 Å². The van der Waals surface area contributed by atoms with Crippen LogP contribution < -0.4 is 10.9 Å². The molecule has 144 valence electrons. The van der Waals surface area contributed by atoms with Crippen LogP contribution in [0.5, 0.6) is 0 Å². The fourth-order valence-electron chi connectivity index (χ4n) is 4.07. The predicted molar refractivity (Wildman–Crippen MR) is 109 cm³/mol. The van der Waals surface area contributed by atoms with E-state index in [1.54, 1.807) is 0 Å². The average Bonchev–Trinajstić information content (AvgIpc) is 3.47. The lowest BCUT2D eigenvalue weighted by Gasteiger charge is -2.36. The number of para-hydroxylation sites is 1. The fourth-order valence-corrected chi connectivity index (χ4v) is 4.93. The van der Waals surface area contributed by atoms with Crippen molar-refractivity contribution >= 4 is 28.6 Å². The second-order valence-corrected chi connectivity index (χ2v) is 8.99. The van der Waals surface area contributed by atoms with Crippen molar-refractivity contribution in [3.63, 3.8) is 0 Å². The van der Waals surface area contributed by atoms with E-state index in [-0.39, 0.29) is 17.5 Å². The number of nitrogens with zero attached hydrogens (tertiary/aromatic N) is 2. The Labute approximate surface area is 163 Å². The predicted octanol–water partition coefficient (Wildman–Crippen LogP) is 3.76. The maximum absolute atomic E-state index is 13.3. The first kappa shape index (κ1) is 18.5. The van der Waals surface area contributed by atoms with Gasteiger partial charge in [0.25, 0.3) is 5.56 Å². The Morgan fingerprint density at radius 2 is 2.00 bits per heavy atom. The average molecular weight is 386 g/mol. The van der Waals surface area contributed by atoms with Crippen LogP contribution in [-0.2, 0) is 4.79 Å². The van der Waals surface area contributed by atoms with Gasteiger partial charge in [0.1, 0.15) is 0 Å². The lowest BCUT2D eigenvalue weighted by molar-refractivity contribution is -0.118. The van der Waals surface area contributed by atoms with E-state index >= 15 is 0 Å². The van der Waals surface area contributed by atoms with Crippen LogP contribution in [0.2, 0.25) is 0 Å². The molecule has 5 nitrogen and oxygen atoms in total. The van der Waals surface area contributed by atoms with Crippen LogP contribution >= 0.6 is 11.8 Å². The highest BCUT2D eigenvalue weighted by Gasteiger charge is 2.31. The Hall–Kier alpha value is -1.82. The third kappa shape index (κ3) is 3.91. The van der Waals surface area contributed by atoms with E-state index in [1.165, 1.54) is 18.2 Å². The summed E-state index contributed by atoms with van der Waals surface area (Å²) >= 11 is 1.39. The fraction of sp³-hybridized carbons (Fsp3) is 0.571. The zero-order valence-electron chi connectivity index (χ0n) is 16.0. The summed E-state index contributed by atoms with van der Waals surface area (Å²) in [4.78, 5) is 30.3. The summed E-state index contributed by atoms with van der Waals surface area (Å²) in [5.41, 5.74) is 0.733. The Morgan fingerprint density at radius 3 is 2.78 bits per heavy atom. The van der Waals surface area contributed by atoms with Crippen molar-refractivity contribution in [2.75, 3.05) is 5.75 Å². The van der Waals surface area contributed by atoms with E-state index in [2.05, 4.69) is 19.2 Å². The minimum Gasteiger partial charge on any atom is -0.353 e. The van der Waals surface area contributed by atoms with Crippen LogP contribution in [0.4, 0.5) is 0 Å².